The van der Waals surface area contributed by atoms with Gasteiger partial charge in [-0.3, -0.25) is 9.59 Å². The third-order valence-electron chi connectivity index (χ3n) is 15.5. The van der Waals surface area contributed by atoms with Crippen LogP contribution in [-0.4, -0.2) is 47.4 Å². The average Bonchev–Trinajstić information content (AvgIpc) is 3.39. The summed E-state index contributed by atoms with van der Waals surface area (Å²) in [6.45, 7) is 4.97. The number of aliphatic hydroxyl groups is 2. The van der Waals surface area contributed by atoms with Crippen molar-refractivity contribution >= 4 is 11.9 Å². The molecule has 0 fully saturated rings. The van der Waals surface area contributed by atoms with Gasteiger partial charge in [0.2, 0.25) is 5.91 Å². The van der Waals surface area contributed by atoms with E-state index in [1.165, 1.54) is 289 Å². The molecule has 0 aromatic heterocycles. The summed E-state index contributed by atoms with van der Waals surface area (Å²) in [5, 5.41) is 23.3. The predicted octanol–water partition coefficient (Wildman–Crippen LogP) is 21.0. The van der Waals surface area contributed by atoms with E-state index in [-0.39, 0.29) is 18.5 Å². The van der Waals surface area contributed by atoms with Gasteiger partial charge in [-0.15, -0.1) is 0 Å². The summed E-state index contributed by atoms with van der Waals surface area (Å²) in [4.78, 5) is 24.6. The zero-order chi connectivity index (χ0) is 52.9. The molecule has 0 radical (unpaired) electrons. The monoisotopic (exact) mass is 1030 g/mol. The maximum atomic E-state index is 12.5. The highest BCUT2D eigenvalue weighted by molar-refractivity contribution is 5.76. The van der Waals surface area contributed by atoms with Gasteiger partial charge < -0.3 is 20.3 Å². The van der Waals surface area contributed by atoms with Crippen LogP contribution in [0, 0.1) is 0 Å². The molecular formula is C67H129NO5. The van der Waals surface area contributed by atoms with Gasteiger partial charge in [-0.25, -0.2) is 0 Å². The number of carbonyl (C=O) groups excluding carboxylic acids is 2. The summed E-state index contributed by atoms with van der Waals surface area (Å²) >= 11 is 0. The van der Waals surface area contributed by atoms with Crippen LogP contribution in [0.4, 0.5) is 0 Å². The summed E-state index contributed by atoms with van der Waals surface area (Å²) in [6.07, 6.45) is 77.7. The summed E-state index contributed by atoms with van der Waals surface area (Å²) < 4.78 is 5.50. The van der Waals surface area contributed by atoms with Crippen LogP contribution in [0.25, 0.3) is 0 Å². The molecule has 0 saturated heterocycles. The Bertz CT molecular complexity index is 1140. The van der Waals surface area contributed by atoms with Crippen LogP contribution in [0.2, 0.25) is 0 Å². The van der Waals surface area contributed by atoms with Gasteiger partial charge in [0.15, 0.2) is 0 Å². The number of aliphatic hydroxyl groups excluding tert-OH is 2. The van der Waals surface area contributed by atoms with E-state index in [1.54, 1.807) is 0 Å². The van der Waals surface area contributed by atoms with Crippen LogP contribution in [-0.2, 0) is 14.3 Å². The zero-order valence-electron chi connectivity index (χ0n) is 49.4. The van der Waals surface area contributed by atoms with Crippen molar-refractivity contribution in [2.24, 2.45) is 0 Å². The highest BCUT2D eigenvalue weighted by Crippen LogP contribution is 2.18. The molecule has 0 aliphatic heterocycles. The van der Waals surface area contributed by atoms with Gasteiger partial charge in [0, 0.05) is 12.8 Å². The molecule has 0 rings (SSSR count). The van der Waals surface area contributed by atoms with Crippen LogP contribution < -0.4 is 5.32 Å². The molecule has 0 aliphatic rings. The lowest BCUT2D eigenvalue weighted by atomic mass is 10.0. The number of amides is 1. The molecule has 0 spiro atoms. The van der Waals surface area contributed by atoms with Gasteiger partial charge in [-0.2, -0.15) is 0 Å². The predicted molar refractivity (Wildman–Crippen MR) is 320 cm³/mol. The Labute approximate surface area is 456 Å². The van der Waals surface area contributed by atoms with E-state index in [9.17, 15) is 19.8 Å². The van der Waals surface area contributed by atoms with Crippen LogP contribution >= 0.6 is 0 Å². The number of nitrogens with one attached hydrogen (secondary N) is 1. The first-order valence-corrected chi connectivity index (χ1v) is 33.1. The number of allylic oxidation sites excluding steroid dienone is 4. The Morgan fingerprint density at radius 2 is 0.644 bits per heavy atom. The molecule has 0 aliphatic carbocycles. The molecule has 3 N–H and O–H groups in total. The third kappa shape index (κ3) is 59.4. The number of esters is 1. The van der Waals surface area contributed by atoms with E-state index in [4.69, 9.17) is 4.74 Å². The van der Waals surface area contributed by atoms with Gasteiger partial charge in [0.05, 0.1) is 25.4 Å². The van der Waals surface area contributed by atoms with Crippen molar-refractivity contribution in [3.8, 4) is 0 Å². The van der Waals surface area contributed by atoms with Gasteiger partial charge >= 0.3 is 5.97 Å². The van der Waals surface area contributed by atoms with E-state index < -0.39 is 12.1 Å². The van der Waals surface area contributed by atoms with Crippen LogP contribution in [0.15, 0.2) is 24.3 Å². The number of carbonyl (C=O) groups is 2. The number of hydrogen-bond acceptors (Lipinski definition) is 5. The van der Waals surface area contributed by atoms with E-state index >= 15 is 0 Å². The van der Waals surface area contributed by atoms with Gasteiger partial charge in [-0.05, 0) is 77.0 Å². The van der Waals surface area contributed by atoms with Crippen molar-refractivity contribution in [1.29, 1.82) is 0 Å². The van der Waals surface area contributed by atoms with E-state index in [1.807, 2.05) is 0 Å². The highest BCUT2D eigenvalue weighted by atomic mass is 16.5. The third-order valence-corrected chi connectivity index (χ3v) is 15.5. The first kappa shape index (κ1) is 71.3. The first-order chi connectivity index (χ1) is 36.0. The second kappa shape index (κ2) is 62.9. The molecule has 6 heteroatoms. The van der Waals surface area contributed by atoms with Gasteiger partial charge in [0.1, 0.15) is 0 Å². The lowest BCUT2D eigenvalue weighted by Crippen LogP contribution is -2.45. The van der Waals surface area contributed by atoms with Crippen LogP contribution in [0.3, 0.4) is 0 Å². The molecule has 0 saturated carbocycles. The molecular weight excluding hydrogens is 899 g/mol. The van der Waals surface area contributed by atoms with E-state index in [2.05, 4.69) is 43.5 Å². The van der Waals surface area contributed by atoms with Crippen molar-refractivity contribution in [1.82, 2.24) is 5.32 Å². The van der Waals surface area contributed by atoms with E-state index in [0.29, 0.717) is 25.9 Å². The van der Waals surface area contributed by atoms with Crippen LogP contribution in [0.5, 0.6) is 0 Å². The Kier molecular flexibility index (Phi) is 61.4. The molecule has 2 atom stereocenters. The lowest BCUT2D eigenvalue weighted by Gasteiger charge is -2.22. The molecule has 0 aromatic rings. The summed E-state index contributed by atoms with van der Waals surface area (Å²) in [5.74, 6) is -0.0275. The first-order valence-electron chi connectivity index (χ1n) is 33.1. The molecule has 0 bridgehead atoms. The largest absolute Gasteiger partial charge is 0.466 e. The SMILES string of the molecule is CCCCCCCC/C=C\CCCCCCCCCC(=O)OCCCCCCCCCCCCCC/C=C\CCCCCCCCCCC(=O)NC(CO)C(O)CCCCCCCCCCCCCCCCC. The molecule has 2 unspecified atom stereocenters. The topological polar surface area (TPSA) is 95.9 Å². The summed E-state index contributed by atoms with van der Waals surface area (Å²) in [5.41, 5.74) is 0. The smallest absolute Gasteiger partial charge is 0.305 e. The Morgan fingerprint density at radius 3 is 0.973 bits per heavy atom. The lowest BCUT2D eigenvalue weighted by molar-refractivity contribution is -0.143. The Hall–Kier alpha value is -1.66. The fourth-order valence-electron chi connectivity index (χ4n) is 10.4. The second-order valence-corrected chi connectivity index (χ2v) is 22.8. The van der Waals surface area contributed by atoms with Crippen LogP contribution in [0.1, 0.15) is 367 Å². The Morgan fingerprint density at radius 1 is 0.370 bits per heavy atom. The minimum absolute atomic E-state index is 0.00979. The molecule has 0 aromatic carbocycles. The quantitative estimate of drug-likeness (QED) is 0.0320. The normalized spacial score (nSPS) is 12.7. The molecule has 0 heterocycles. The maximum Gasteiger partial charge on any atom is 0.305 e. The second-order valence-electron chi connectivity index (χ2n) is 22.8. The molecule has 432 valence electrons. The van der Waals surface area contributed by atoms with Crippen molar-refractivity contribution < 1.29 is 24.5 Å². The molecule has 6 nitrogen and oxygen atoms in total. The molecule has 1 amide bonds. The Balaban J connectivity index is 3.39. The summed E-state index contributed by atoms with van der Waals surface area (Å²) in [7, 11) is 0. The number of rotatable bonds is 62. The van der Waals surface area contributed by atoms with Crippen molar-refractivity contribution in [3.63, 3.8) is 0 Å². The number of ether oxygens (including phenoxy) is 1. The fourth-order valence-corrected chi connectivity index (χ4v) is 10.4. The van der Waals surface area contributed by atoms with Crippen molar-refractivity contribution in [2.75, 3.05) is 13.2 Å². The standard InChI is InChI=1S/C67H129NO5/c1-3-5-7-9-11-13-15-17-19-28-33-37-41-45-49-53-57-61-67(72)73-62-58-54-50-46-42-38-34-30-27-25-23-21-20-22-24-26-29-32-36-40-44-48-52-56-60-66(71)68-64(63-69)65(70)59-55-51-47-43-39-35-31-18-16-14-12-10-8-6-4-2/h17,19,22,24,64-65,69-70H,3-16,18,20-21,23,25-63H2,1-2H3,(H,68,71)/b19-17-,24-22-. The highest BCUT2D eigenvalue weighted by Gasteiger charge is 2.20. The number of unbranched alkanes of at least 4 members (excludes halogenated alkanes) is 47. The number of hydrogen-bond donors (Lipinski definition) is 3. The van der Waals surface area contributed by atoms with Gasteiger partial charge in [-0.1, -0.05) is 301 Å². The zero-order valence-corrected chi connectivity index (χ0v) is 49.4. The summed E-state index contributed by atoms with van der Waals surface area (Å²) in [6, 6.07) is -0.544. The van der Waals surface area contributed by atoms with Crippen molar-refractivity contribution in [3.05, 3.63) is 24.3 Å². The minimum Gasteiger partial charge on any atom is -0.466 e. The minimum atomic E-state index is -0.667. The molecule has 73 heavy (non-hydrogen) atoms. The average molecular weight is 1030 g/mol. The van der Waals surface area contributed by atoms with Gasteiger partial charge in [0.25, 0.3) is 0 Å². The van der Waals surface area contributed by atoms with E-state index in [0.717, 1.165) is 44.9 Å². The maximum absolute atomic E-state index is 12.5. The fraction of sp³-hybridized carbons (Fsp3) is 0.910. The van der Waals surface area contributed by atoms with Crippen molar-refractivity contribution in [2.45, 2.75) is 379 Å².